The Bertz CT molecular complexity index is 1350. The summed E-state index contributed by atoms with van der Waals surface area (Å²) in [7, 11) is 1.81. The quantitative estimate of drug-likeness (QED) is 0.483. The maximum absolute atomic E-state index is 13.9. The van der Waals surface area contributed by atoms with Crippen LogP contribution in [0, 0.1) is 17.1 Å². The number of aryl methyl sites for hydroxylation is 1. The van der Waals surface area contributed by atoms with Crippen LogP contribution in [-0.2, 0) is 18.4 Å². The molecular formula is C21H16FN7O2. The normalized spacial score (nSPS) is 10.6. The van der Waals surface area contributed by atoms with E-state index >= 15 is 0 Å². The molecule has 154 valence electrons. The van der Waals surface area contributed by atoms with Crippen molar-refractivity contribution in [2.24, 2.45) is 7.05 Å². The monoisotopic (exact) mass is 417 g/mol. The third kappa shape index (κ3) is 3.97. The van der Waals surface area contributed by atoms with Gasteiger partial charge >= 0.3 is 0 Å². The van der Waals surface area contributed by atoms with E-state index in [2.05, 4.69) is 33.1 Å². The van der Waals surface area contributed by atoms with Gasteiger partial charge in [-0.05, 0) is 24.3 Å². The number of nitriles is 1. The van der Waals surface area contributed by atoms with Crippen LogP contribution >= 0.6 is 0 Å². The highest BCUT2D eigenvalue weighted by molar-refractivity contribution is 5.98. The summed E-state index contributed by atoms with van der Waals surface area (Å²) in [5.41, 5.74) is 2.85. The zero-order valence-corrected chi connectivity index (χ0v) is 16.4. The smallest absolute Gasteiger partial charge is 0.248 e. The fraction of sp³-hybridized carbons (Fsp3) is 0.0952. The van der Waals surface area contributed by atoms with Crippen molar-refractivity contribution in [3.63, 3.8) is 0 Å². The molecule has 4 heterocycles. The van der Waals surface area contributed by atoms with E-state index in [1.54, 1.807) is 27.7 Å². The van der Waals surface area contributed by atoms with E-state index in [1.165, 1.54) is 18.3 Å². The molecule has 0 aliphatic carbocycles. The highest BCUT2D eigenvalue weighted by Crippen LogP contribution is 2.30. The number of fused-ring (bicyclic) bond motifs is 1. The molecule has 0 bridgehead atoms. The first kappa shape index (κ1) is 19.8. The Morgan fingerprint density at radius 2 is 2.16 bits per heavy atom. The number of carbonyl (C=O) groups is 1. The Kier molecular flexibility index (Phi) is 5.15. The molecule has 0 saturated carbocycles. The van der Waals surface area contributed by atoms with Gasteiger partial charge in [-0.25, -0.2) is 13.9 Å². The summed E-state index contributed by atoms with van der Waals surface area (Å²) in [6, 6.07) is 6.50. The Morgan fingerprint density at radius 3 is 2.87 bits per heavy atom. The number of hydrogen-bond donors (Lipinski definition) is 1. The predicted molar refractivity (Wildman–Crippen MR) is 109 cm³/mol. The topological polar surface area (TPSA) is 110 Å². The molecule has 10 heteroatoms. The number of ether oxygens (including phenoxy) is 1. The molecule has 4 aromatic heterocycles. The summed E-state index contributed by atoms with van der Waals surface area (Å²) >= 11 is 0. The number of amides is 1. The lowest BCUT2D eigenvalue weighted by Crippen LogP contribution is -2.12. The minimum absolute atomic E-state index is 0.0283. The van der Waals surface area contributed by atoms with Crippen LogP contribution in [0.4, 0.5) is 10.2 Å². The molecule has 0 saturated heterocycles. The second kappa shape index (κ2) is 8.08. The van der Waals surface area contributed by atoms with E-state index in [4.69, 9.17) is 4.74 Å². The van der Waals surface area contributed by atoms with Gasteiger partial charge in [0.2, 0.25) is 5.91 Å². The number of nitrogens with one attached hydrogen (secondary N) is 1. The molecule has 0 aliphatic rings. The first-order valence-electron chi connectivity index (χ1n) is 9.10. The molecule has 0 aliphatic heterocycles. The average Bonchev–Trinajstić information content (AvgIpc) is 3.39. The number of carbonyl (C=O) groups excluding carboxylic acids is 1. The maximum Gasteiger partial charge on any atom is 0.248 e. The van der Waals surface area contributed by atoms with Gasteiger partial charge in [0.1, 0.15) is 29.5 Å². The molecule has 0 radical (unpaired) electrons. The fourth-order valence-corrected chi connectivity index (χ4v) is 2.97. The molecule has 31 heavy (non-hydrogen) atoms. The van der Waals surface area contributed by atoms with Gasteiger partial charge in [-0.15, -0.1) is 0 Å². The summed E-state index contributed by atoms with van der Waals surface area (Å²) in [5, 5.41) is 20.1. The lowest BCUT2D eigenvalue weighted by atomic mass is 10.1. The number of rotatable bonds is 6. The first-order valence-corrected chi connectivity index (χ1v) is 9.10. The molecule has 0 atom stereocenters. The van der Waals surface area contributed by atoms with Crippen LogP contribution in [0.3, 0.4) is 0 Å². The minimum Gasteiger partial charge on any atom is -0.485 e. The molecule has 1 amide bonds. The van der Waals surface area contributed by atoms with E-state index < -0.39 is 11.7 Å². The second-order valence-electron chi connectivity index (χ2n) is 6.57. The molecule has 4 rings (SSSR count). The zero-order chi connectivity index (χ0) is 22.0. The van der Waals surface area contributed by atoms with Crippen molar-refractivity contribution in [3.05, 3.63) is 72.7 Å². The minimum atomic E-state index is -0.678. The highest BCUT2D eigenvalue weighted by Gasteiger charge is 2.15. The number of pyridine rings is 2. The van der Waals surface area contributed by atoms with Crippen LogP contribution in [0.1, 0.15) is 11.3 Å². The summed E-state index contributed by atoms with van der Waals surface area (Å²) < 4.78 is 23.1. The number of hydrogen-bond acceptors (Lipinski definition) is 6. The molecule has 0 unspecified atom stereocenters. The lowest BCUT2D eigenvalue weighted by Gasteiger charge is -2.11. The van der Waals surface area contributed by atoms with Crippen molar-refractivity contribution in [1.29, 1.82) is 5.26 Å². The Morgan fingerprint density at radius 1 is 1.32 bits per heavy atom. The molecule has 9 nitrogen and oxygen atoms in total. The van der Waals surface area contributed by atoms with Gasteiger partial charge in [-0.2, -0.15) is 15.5 Å². The van der Waals surface area contributed by atoms with Crippen molar-refractivity contribution in [2.45, 2.75) is 6.61 Å². The average molecular weight is 417 g/mol. The van der Waals surface area contributed by atoms with Gasteiger partial charge in [0.05, 0.1) is 18.1 Å². The molecule has 0 fully saturated rings. The maximum atomic E-state index is 13.9. The van der Waals surface area contributed by atoms with Gasteiger partial charge in [0, 0.05) is 30.6 Å². The Balaban J connectivity index is 1.68. The summed E-state index contributed by atoms with van der Waals surface area (Å²) in [6.45, 7) is 3.30. The number of anilines is 1. The van der Waals surface area contributed by atoms with Crippen LogP contribution in [0.2, 0.25) is 0 Å². The van der Waals surface area contributed by atoms with E-state index in [1.807, 2.05) is 13.2 Å². The molecule has 4 aromatic rings. The Labute approximate surface area is 176 Å². The SMILES string of the molecule is C=CC(=O)Nc1nc(COc2cc(-c3cnn(C)c3)cn3ncc(C#N)c23)ccc1F. The van der Waals surface area contributed by atoms with Crippen molar-refractivity contribution in [3.8, 4) is 22.9 Å². The van der Waals surface area contributed by atoms with Crippen molar-refractivity contribution >= 4 is 17.2 Å². The van der Waals surface area contributed by atoms with E-state index in [0.29, 0.717) is 22.5 Å². The van der Waals surface area contributed by atoms with Gasteiger partial charge in [-0.3, -0.25) is 9.48 Å². The van der Waals surface area contributed by atoms with Crippen molar-refractivity contribution in [2.75, 3.05) is 5.32 Å². The first-order chi connectivity index (χ1) is 15.0. The van der Waals surface area contributed by atoms with Crippen LogP contribution < -0.4 is 10.1 Å². The standard InChI is InChI=1S/C21H16FN7O2/c1-3-19(30)27-21-17(22)5-4-16(26-21)12-31-18-6-13(15-9-24-28(2)10-15)11-29-20(18)14(7-23)8-25-29/h3-6,8-11H,1,12H2,2H3,(H,26,27,30). The van der Waals surface area contributed by atoms with Crippen molar-refractivity contribution < 1.29 is 13.9 Å². The van der Waals surface area contributed by atoms with Gasteiger partial charge in [-0.1, -0.05) is 6.58 Å². The van der Waals surface area contributed by atoms with Crippen LogP contribution in [0.25, 0.3) is 16.6 Å². The van der Waals surface area contributed by atoms with Crippen molar-refractivity contribution in [1.82, 2.24) is 24.4 Å². The predicted octanol–water partition coefficient (Wildman–Crippen LogP) is 2.84. The molecule has 0 aromatic carbocycles. The number of nitrogens with zero attached hydrogens (tertiary/aromatic N) is 6. The third-order valence-electron chi connectivity index (χ3n) is 4.44. The third-order valence-corrected chi connectivity index (χ3v) is 4.44. The largest absolute Gasteiger partial charge is 0.485 e. The molecule has 0 spiro atoms. The number of aromatic nitrogens is 5. The van der Waals surface area contributed by atoms with Crippen LogP contribution in [0.5, 0.6) is 5.75 Å². The van der Waals surface area contributed by atoms with Gasteiger partial charge in [0.25, 0.3) is 0 Å². The fourth-order valence-electron chi connectivity index (χ4n) is 2.97. The summed E-state index contributed by atoms with van der Waals surface area (Å²) in [4.78, 5) is 15.6. The summed E-state index contributed by atoms with van der Waals surface area (Å²) in [6.07, 6.45) is 7.80. The van der Waals surface area contributed by atoms with E-state index in [0.717, 1.165) is 17.2 Å². The lowest BCUT2D eigenvalue weighted by molar-refractivity contribution is -0.111. The van der Waals surface area contributed by atoms with Crippen LogP contribution in [0.15, 0.2) is 55.6 Å². The Hall–Kier alpha value is -4.52. The molecular weight excluding hydrogens is 401 g/mol. The zero-order valence-electron chi connectivity index (χ0n) is 16.4. The second-order valence-corrected chi connectivity index (χ2v) is 6.57. The van der Waals surface area contributed by atoms with E-state index in [9.17, 15) is 14.4 Å². The van der Waals surface area contributed by atoms with E-state index in [-0.39, 0.29) is 12.4 Å². The van der Waals surface area contributed by atoms with Crippen LogP contribution in [-0.4, -0.2) is 30.3 Å². The summed E-state index contributed by atoms with van der Waals surface area (Å²) in [5.74, 6) is -1.07. The van der Waals surface area contributed by atoms with Gasteiger partial charge in [0.15, 0.2) is 11.6 Å². The molecule has 1 N–H and O–H groups in total. The van der Waals surface area contributed by atoms with Gasteiger partial charge < -0.3 is 10.1 Å². The highest BCUT2D eigenvalue weighted by atomic mass is 19.1. The number of halogens is 1.